The van der Waals surface area contributed by atoms with Crippen molar-refractivity contribution < 1.29 is 13.2 Å². The first-order valence-corrected chi connectivity index (χ1v) is 10.2. The van der Waals surface area contributed by atoms with Crippen LogP contribution in [-0.4, -0.2) is 69.3 Å². The highest BCUT2D eigenvalue weighted by atomic mass is 127. The molecule has 1 aliphatic rings. The van der Waals surface area contributed by atoms with Crippen LogP contribution in [0.3, 0.4) is 0 Å². The van der Waals surface area contributed by atoms with Gasteiger partial charge in [0.1, 0.15) is 4.90 Å². The van der Waals surface area contributed by atoms with Crippen molar-refractivity contribution in [2.45, 2.75) is 11.8 Å². The highest BCUT2D eigenvalue weighted by molar-refractivity contribution is 14.1. The molecule has 3 rings (SSSR count). The molecule has 0 aliphatic carbocycles. The number of rotatable bonds is 3. The zero-order chi connectivity index (χ0) is 18.4. The minimum absolute atomic E-state index is 0.167. The highest BCUT2D eigenvalue weighted by Gasteiger charge is 2.33. The van der Waals surface area contributed by atoms with Crippen molar-refractivity contribution in [3.05, 3.63) is 27.4 Å². The van der Waals surface area contributed by atoms with Crippen LogP contribution in [0.15, 0.2) is 17.3 Å². The summed E-state index contributed by atoms with van der Waals surface area (Å²) in [6, 6.07) is 0. The van der Waals surface area contributed by atoms with Gasteiger partial charge >= 0.3 is 0 Å². The van der Waals surface area contributed by atoms with Gasteiger partial charge in [-0.3, -0.25) is 14.2 Å². The van der Waals surface area contributed by atoms with Crippen LogP contribution in [0.4, 0.5) is 0 Å². The van der Waals surface area contributed by atoms with E-state index in [4.69, 9.17) is 0 Å². The van der Waals surface area contributed by atoms with E-state index in [1.165, 1.54) is 15.2 Å². The number of aryl methyl sites for hydroxylation is 2. The Morgan fingerprint density at radius 1 is 1.20 bits per heavy atom. The molecule has 0 radical (unpaired) electrons. The van der Waals surface area contributed by atoms with Crippen LogP contribution in [0.1, 0.15) is 16.2 Å². The summed E-state index contributed by atoms with van der Waals surface area (Å²) in [6.45, 7) is 2.91. The Hall–Kier alpha value is -1.47. The Kier molecular flexibility index (Phi) is 4.90. The number of nitrogens with zero attached hydrogens (tertiary/aromatic N) is 6. The van der Waals surface area contributed by atoms with Gasteiger partial charge in [-0.2, -0.15) is 14.5 Å². The minimum atomic E-state index is -3.60. The average Bonchev–Trinajstić information content (AvgIpc) is 3.09. The van der Waals surface area contributed by atoms with Gasteiger partial charge in [0.2, 0.25) is 10.0 Å². The number of carbonyl (C=O) groups is 1. The molecule has 0 bridgehead atoms. The van der Waals surface area contributed by atoms with Crippen LogP contribution in [0, 0.1) is 10.5 Å². The summed E-state index contributed by atoms with van der Waals surface area (Å²) in [5.41, 5.74) is 1.00. The van der Waals surface area contributed by atoms with Crippen molar-refractivity contribution in [1.29, 1.82) is 0 Å². The third-order valence-corrected chi connectivity index (χ3v) is 7.11. The zero-order valence-corrected chi connectivity index (χ0v) is 17.2. The molecule has 0 N–H and O–H groups in total. The predicted molar refractivity (Wildman–Crippen MR) is 98.5 cm³/mol. The lowest BCUT2D eigenvalue weighted by Gasteiger charge is -2.33. The largest absolute Gasteiger partial charge is 0.335 e. The molecule has 11 heteroatoms. The first-order valence-electron chi connectivity index (χ1n) is 7.69. The minimum Gasteiger partial charge on any atom is -0.335 e. The molecule has 136 valence electrons. The smallest absolute Gasteiger partial charge is 0.275 e. The van der Waals surface area contributed by atoms with Crippen molar-refractivity contribution in [2.75, 3.05) is 26.2 Å². The lowest BCUT2D eigenvalue weighted by molar-refractivity contribution is 0.0690. The quantitative estimate of drug-likeness (QED) is 0.589. The number of aromatic nitrogens is 4. The van der Waals surface area contributed by atoms with Crippen LogP contribution in [0.2, 0.25) is 0 Å². The number of sulfonamides is 1. The maximum atomic E-state index is 12.8. The molecule has 1 aliphatic heterocycles. The maximum Gasteiger partial charge on any atom is 0.275 e. The molecule has 25 heavy (non-hydrogen) atoms. The lowest BCUT2D eigenvalue weighted by Crippen LogP contribution is -2.50. The normalized spacial score (nSPS) is 16.4. The molecule has 0 atom stereocenters. The molecule has 0 unspecified atom stereocenters. The van der Waals surface area contributed by atoms with E-state index < -0.39 is 10.0 Å². The Balaban J connectivity index is 1.72. The number of halogens is 1. The molecule has 1 amide bonds. The summed E-state index contributed by atoms with van der Waals surface area (Å²) in [6.07, 6.45) is 3.15. The van der Waals surface area contributed by atoms with Crippen LogP contribution in [-0.2, 0) is 24.1 Å². The van der Waals surface area contributed by atoms with E-state index in [1.54, 1.807) is 36.8 Å². The van der Waals surface area contributed by atoms with E-state index in [0.29, 0.717) is 24.5 Å². The van der Waals surface area contributed by atoms with Gasteiger partial charge in [-0.1, -0.05) is 0 Å². The fourth-order valence-corrected chi connectivity index (χ4v) is 5.11. The van der Waals surface area contributed by atoms with Crippen LogP contribution in [0.25, 0.3) is 0 Å². The van der Waals surface area contributed by atoms with Crippen molar-refractivity contribution >= 4 is 38.5 Å². The second-order valence-electron chi connectivity index (χ2n) is 5.91. The second kappa shape index (κ2) is 6.68. The van der Waals surface area contributed by atoms with Gasteiger partial charge < -0.3 is 4.90 Å². The standard InChI is InChI=1S/C14H19IN6O3S/c1-10-12(8-16-19(10)3)25(23,24)21-6-4-20(5-7-21)14(22)13-11(15)9-18(2)17-13/h8-9H,4-7H2,1-3H3. The van der Waals surface area contributed by atoms with Gasteiger partial charge in [-0.15, -0.1) is 0 Å². The third-order valence-electron chi connectivity index (χ3n) is 4.32. The zero-order valence-electron chi connectivity index (χ0n) is 14.2. The Morgan fingerprint density at radius 2 is 1.84 bits per heavy atom. The van der Waals surface area contributed by atoms with Gasteiger partial charge in [0.05, 0.1) is 15.5 Å². The summed E-state index contributed by atoms with van der Waals surface area (Å²) in [5.74, 6) is -0.167. The van der Waals surface area contributed by atoms with Gasteiger partial charge in [0.25, 0.3) is 5.91 Å². The highest BCUT2D eigenvalue weighted by Crippen LogP contribution is 2.21. The Bertz CT molecular complexity index is 911. The molecule has 9 nitrogen and oxygen atoms in total. The third kappa shape index (κ3) is 3.31. The molecular weight excluding hydrogens is 459 g/mol. The van der Waals surface area contributed by atoms with Crippen LogP contribution >= 0.6 is 22.6 Å². The van der Waals surface area contributed by atoms with E-state index in [9.17, 15) is 13.2 Å². The van der Waals surface area contributed by atoms with Crippen LogP contribution in [0.5, 0.6) is 0 Å². The maximum absolute atomic E-state index is 12.8. The Morgan fingerprint density at radius 3 is 2.32 bits per heavy atom. The molecule has 1 fully saturated rings. The molecule has 3 heterocycles. The van der Waals surface area contributed by atoms with Gasteiger partial charge in [0, 0.05) is 46.5 Å². The second-order valence-corrected chi connectivity index (χ2v) is 8.98. The van der Waals surface area contributed by atoms with E-state index in [2.05, 4.69) is 32.8 Å². The monoisotopic (exact) mass is 478 g/mol. The number of hydrogen-bond donors (Lipinski definition) is 0. The molecule has 0 saturated carbocycles. The lowest BCUT2D eigenvalue weighted by atomic mass is 10.3. The Labute approximate surface area is 159 Å². The average molecular weight is 478 g/mol. The molecule has 2 aromatic rings. The fraction of sp³-hybridized carbons (Fsp3) is 0.500. The first kappa shape index (κ1) is 18.3. The summed E-state index contributed by atoms with van der Waals surface area (Å²) in [4.78, 5) is 14.4. The van der Waals surface area contributed by atoms with Crippen molar-refractivity contribution in [3.8, 4) is 0 Å². The van der Waals surface area contributed by atoms with E-state index in [-0.39, 0.29) is 23.9 Å². The molecule has 1 saturated heterocycles. The van der Waals surface area contributed by atoms with Crippen LogP contribution < -0.4 is 0 Å². The summed E-state index contributed by atoms with van der Waals surface area (Å²) in [7, 11) is -0.128. The molecule has 2 aromatic heterocycles. The van der Waals surface area contributed by atoms with Gasteiger partial charge in [-0.25, -0.2) is 8.42 Å². The number of hydrogen-bond acceptors (Lipinski definition) is 5. The number of amides is 1. The molecule has 0 aromatic carbocycles. The summed E-state index contributed by atoms with van der Waals surface area (Å²) in [5, 5.41) is 8.20. The summed E-state index contributed by atoms with van der Waals surface area (Å²) >= 11 is 2.08. The van der Waals surface area contributed by atoms with Crippen molar-refractivity contribution in [3.63, 3.8) is 0 Å². The first-order chi connectivity index (χ1) is 11.7. The number of carbonyl (C=O) groups excluding carboxylic acids is 1. The molecule has 0 spiro atoms. The molecular formula is C14H19IN6O3S. The topological polar surface area (TPSA) is 93.3 Å². The van der Waals surface area contributed by atoms with Crippen molar-refractivity contribution in [2.24, 2.45) is 14.1 Å². The summed E-state index contributed by atoms with van der Waals surface area (Å²) < 4.78 is 30.9. The van der Waals surface area contributed by atoms with E-state index in [1.807, 2.05) is 0 Å². The fourth-order valence-electron chi connectivity index (χ4n) is 2.76. The van der Waals surface area contributed by atoms with Gasteiger partial charge in [-0.05, 0) is 29.5 Å². The van der Waals surface area contributed by atoms with Gasteiger partial charge in [0.15, 0.2) is 5.69 Å². The van der Waals surface area contributed by atoms with Crippen molar-refractivity contribution in [1.82, 2.24) is 28.8 Å². The SMILES string of the molecule is Cc1c(S(=O)(=O)N2CCN(C(=O)c3nn(C)cc3I)CC2)cnn1C. The number of piperazine rings is 1. The van der Waals surface area contributed by atoms with E-state index in [0.717, 1.165) is 3.57 Å². The van der Waals surface area contributed by atoms with E-state index >= 15 is 0 Å². The predicted octanol–water partition coefficient (Wildman–Crippen LogP) is 0.213.